The molecule has 0 spiro atoms. The molecule has 2 aromatic carbocycles. The molecule has 1 N–H and O–H groups in total. The molecule has 2 aliphatic heterocycles. The standard InChI is InChI=1S/C30H30N2O8S/c1-6-38-21-11-8-17(14-22(21)37-5)24-23(25(33)18-9-10-20-19(13-18)12-15(3)40-20)26(34)28(35)32(24)30-31-16(4)27(41-30)29(36)39-7-2/h8-11,13-15,24,33H,6-7,12H2,1-5H3. The maximum atomic E-state index is 13.6. The van der Waals surface area contributed by atoms with Gasteiger partial charge in [-0.05, 0) is 69.2 Å². The van der Waals surface area contributed by atoms with E-state index in [-0.39, 0.29) is 34.1 Å². The minimum absolute atomic E-state index is 0.00830. The fraction of sp³-hybridized carbons (Fsp3) is 0.333. The third-order valence-corrected chi connectivity index (χ3v) is 8.01. The number of ether oxygens (including phenoxy) is 4. The van der Waals surface area contributed by atoms with Crippen LogP contribution in [-0.4, -0.2) is 54.2 Å². The number of Topliss-reactive ketones (excluding diaryl/α,β-unsaturated/α-hetero) is 1. The highest BCUT2D eigenvalue weighted by molar-refractivity contribution is 7.17. The summed E-state index contributed by atoms with van der Waals surface area (Å²) in [6.07, 6.45) is 0.644. The monoisotopic (exact) mass is 578 g/mol. The Morgan fingerprint density at radius 3 is 2.63 bits per heavy atom. The quantitative estimate of drug-likeness (QED) is 0.170. The predicted molar refractivity (Wildman–Crippen MR) is 152 cm³/mol. The molecule has 3 heterocycles. The zero-order valence-corrected chi connectivity index (χ0v) is 24.2. The van der Waals surface area contributed by atoms with Crippen LogP contribution in [0.4, 0.5) is 5.13 Å². The molecule has 2 atom stereocenters. The normalized spacial score (nSPS) is 19.2. The second kappa shape index (κ2) is 11.2. The van der Waals surface area contributed by atoms with Gasteiger partial charge in [-0.3, -0.25) is 14.5 Å². The number of hydrogen-bond acceptors (Lipinski definition) is 10. The molecule has 0 saturated carbocycles. The van der Waals surface area contributed by atoms with Gasteiger partial charge in [0.05, 0.1) is 37.6 Å². The molecule has 1 aromatic heterocycles. The van der Waals surface area contributed by atoms with E-state index in [4.69, 9.17) is 18.9 Å². The first kappa shape index (κ1) is 28.2. The number of benzene rings is 2. The summed E-state index contributed by atoms with van der Waals surface area (Å²) in [6, 6.07) is 9.15. The molecule has 2 aliphatic rings. The summed E-state index contributed by atoms with van der Waals surface area (Å²) >= 11 is 0.947. The Morgan fingerprint density at radius 1 is 1.15 bits per heavy atom. The van der Waals surface area contributed by atoms with Crippen molar-refractivity contribution in [2.45, 2.75) is 46.3 Å². The Hall–Kier alpha value is -4.38. The van der Waals surface area contributed by atoms with Crippen LogP contribution in [-0.2, 0) is 20.7 Å². The van der Waals surface area contributed by atoms with Crippen molar-refractivity contribution in [1.82, 2.24) is 4.98 Å². The lowest BCUT2D eigenvalue weighted by molar-refractivity contribution is -0.132. The first-order valence-electron chi connectivity index (χ1n) is 13.2. The maximum absolute atomic E-state index is 13.6. The SMILES string of the molecule is CCOC(=O)c1sc(N2C(=O)C(=O)C(=C(O)c3ccc4c(c3)CC(C)O4)C2c2ccc(OCC)c(OC)c2)nc1C. The number of amides is 1. The highest BCUT2D eigenvalue weighted by atomic mass is 32.1. The van der Waals surface area contributed by atoms with Crippen molar-refractivity contribution in [3.63, 3.8) is 0 Å². The molecule has 0 bridgehead atoms. The van der Waals surface area contributed by atoms with E-state index in [0.717, 1.165) is 16.9 Å². The van der Waals surface area contributed by atoms with Crippen molar-refractivity contribution < 1.29 is 38.4 Å². The van der Waals surface area contributed by atoms with Crippen LogP contribution in [0.1, 0.15) is 58.9 Å². The number of carbonyl (C=O) groups excluding carboxylic acids is 3. The van der Waals surface area contributed by atoms with Gasteiger partial charge in [0.15, 0.2) is 16.6 Å². The molecule has 1 saturated heterocycles. The number of aliphatic hydroxyl groups excluding tert-OH is 1. The molecule has 11 heteroatoms. The molecule has 1 fully saturated rings. The summed E-state index contributed by atoms with van der Waals surface area (Å²) in [6.45, 7) is 7.70. The highest BCUT2D eigenvalue weighted by Crippen LogP contribution is 2.46. The largest absolute Gasteiger partial charge is 0.507 e. The van der Waals surface area contributed by atoms with Crippen LogP contribution < -0.4 is 19.1 Å². The van der Waals surface area contributed by atoms with Gasteiger partial charge in [0.1, 0.15) is 22.5 Å². The molecule has 0 radical (unpaired) electrons. The number of methoxy groups -OCH3 is 1. The van der Waals surface area contributed by atoms with E-state index in [2.05, 4.69) is 4.98 Å². The number of ketones is 1. The van der Waals surface area contributed by atoms with Gasteiger partial charge in [-0.1, -0.05) is 17.4 Å². The molecule has 41 heavy (non-hydrogen) atoms. The summed E-state index contributed by atoms with van der Waals surface area (Å²) in [5, 5.41) is 11.7. The summed E-state index contributed by atoms with van der Waals surface area (Å²) in [4.78, 5) is 45.7. The third-order valence-electron chi connectivity index (χ3n) is 6.87. The van der Waals surface area contributed by atoms with Gasteiger partial charge in [-0.15, -0.1) is 0 Å². The van der Waals surface area contributed by atoms with Gasteiger partial charge in [0.25, 0.3) is 5.78 Å². The zero-order chi connectivity index (χ0) is 29.4. The van der Waals surface area contributed by atoms with Crippen molar-refractivity contribution in [1.29, 1.82) is 0 Å². The Labute approximate surface area is 241 Å². The first-order chi connectivity index (χ1) is 19.7. The maximum Gasteiger partial charge on any atom is 0.350 e. The lowest BCUT2D eigenvalue weighted by atomic mass is 9.94. The summed E-state index contributed by atoms with van der Waals surface area (Å²) < 4.78 is 22.1. The zero-order valence-electron chi connectivity index (χ0n) is 23.3. The Bertz CT molecular complexity index is 1580. The van der Waals surface area contributed by atoms with Crippen LogP contribution in [0.3, 0.4) is 0 Å². The third kappa shape index (κ3) is 5.01. The second-order valence-electron chi connectivity index (χ2n) is 9.60. The van der Waals surface area contributed by atoms with Crippen LogP contribution in [0.5, 0.6) is 17.2 Å². The lowest BCUT2D eigenvalue weighted by Crippen LogP contribution is -2.29. The molecule has 214 valence electrons. The smallest absolute Gasteiger partial charge is 0.350 e. The number of esters is 1. The van der Waals surface area contributed by atoms with Gasteiger partial charge in [-0.2, -0.15) is 0 Å². The van der Waals surface area contributed by atoms with Crippen molar-refractivity contribution in [3.8, 4) is 17.2 Å². The number of thiazole rings is 1. The molecular formula is C30H30N2O8S. The summed E-state index contributed by atoms with van der Waals surface area (Å²) in [5.41, 5.74) is 2.00. The molecule has 1 amide bonds. The number of rotatable bonds is 8. The van der Waals surface area contributed by atoms with Crippen LogP contribution in [0.25, 0.3) is 5.76 Å². The van der Waals surface area contributed by atoms with Crippen molar-refractivity contribution >= 4 is 39.9 Å². The van der Waals surface area contributed by atoms with Gasteiger partial charge in [-0.25, -0.2) is 9.78 Å². The van der Waals surface area contributed by atoms with Gasteiger partial charge >= 0.3 is 11.9 Å². The number of aliphatic hydroxyl groups is 1. The molecular weight excluding hydrogens is 548 g/mol. The summed E-state index contributed by atoms with van der Waals surface area (Å²) in [5.74, 6) is -1.07. The topological polar surface area (TPSA) is 124 Å². The van der Waals surface area contributed by atoms with E-state index in [1.165, 1.54) is 12.0 Å². The predicted octanol–water partition coefficient (Wildman–Crippen LogP) is 4.99. The van der Waals surface area contributed by atoms with Crippen molar-refractivity contribution in [2.24, 2.45) is 0 Å². The Morgan fingerprint density at radius 2 is 1.93 bits per heavy atom. The number of aryl methyl sites for hydroxylation is 1. The fourth-order valence-corrected chi connectivity index (χ4v) is 6.06. The number of carbonyl (C=O) groups is 3. The fourth-order valence-electron chi connectivity index (χ4n) is 5.07. The van der Waals surface area contributed by atoms with Crippen molar-refractivity contribution in [3.05, 3.63) is 69.2 Å². The van der Waals surface area contributed by atoms with Gasteiger partial charge < -0.3 is 24.1 Å². The number of fused-ring (bicyclic) bond motifs is 1. The van der Waals surface area contributed by atoms with E-state index < -0.39 is 23.7 Å². The number of hydrogen-bond donors (Lipinski definition) is 1. The number of nitrogens with zero attached hydrogens (tertiary/aromatic N) is 2. The molecule has 2 unspecified atom stereocenters. The van der Waals surface area contributed by atoms with Crippen molar-refractivity contribution in [2.75, 3.05) is 25.2 Å². The van der Waals surface area contributed by atoms with Crippen LogP contribution in [0.15, 0.2) is 42.0 Å². The highest BCUT2D eigenvalue weighted by Gasteiger charge is 2.48. The van der Waals surface area contributed by atoms with Crippen LogP contribution in [0.2, 0.25) is 0 Å². The van der Waals surface area contributed by atoms with E-state index in [1.807, 2.05) is 13.8 Å². The minimum atomic E-state index is -1.07. The Kier molecular flexibility index (Phi) is 7.72. The Balaban J connectivity index is 1.69. The first-order valence-corrected chi connectivity index (χ1v) is 14.1. The average molecular weight is 579 g/mol. The van der Waals surface area contributed by atoms with E-state index >= 15 is 0 Å². The lowest BCUT2D eigenvalue weighted by Gasteiger charge is -2.24. The summed E-state index contributed by atoms with van der Waals surface area (Å²) in [7, 11) is 1.49. The van der Waals surface area contributed by atoms with Crippen LogP contribution in [0, 0.1) is 6.92 Å². The molecule has 3 aromatic rings. The molecule has 0 aliphatic carbocycles. The second-order valence-corrected chi connectivity index (χ2v) is 10.6. The molecule has 10 nitrogen and oxygen atoms in total. The minimum Gasteiger partial charge on any atom is -0.507 e. The number of aromatic nitrogens is 1. The van der Waals surface area contributed by atoms with Gasteiger partial charge in [0, 0.05) is 12.0 Å². The van der Waals surface area contributed by atoms with E-state index in [0.29, 0.717) is 47.1 Å². The van der Waals surface area contributed by atoms with Gasteiger partial charge in [0.2, 0.25) is 0 Å². The molecule has 5 rings (SSSR count). The average Bonchev–Trinajstić information content (AvgIpc) is 3.60. The van der Waals surface area contributed by atoms with Crippen LogP contribution >= 0.6 is 11.3 Å². The van der Waals surface area contributed by atoms with E-state index in [1.54, 1.807) is 50.2 Å². The van der Waals surface area contributed by atoms with E-state index in [9.17, 15) is 19.5 Å². The number of anilines is 1.